The molecule has 0 amide bonds. The number of ether oxygens (including phenoxy) is 1. The van der Waals surface area contributed by atoms with Gasteiger partial charge in [-0.15, -0.1) is 12.5 Å². The van der Waals surface area contributed by atoms with Crippen LogP contribution in [0, 0.1) is 23.7 Å². The monoisotopic (exact) mass is 238 g/mol. The molecule has 1 nitrogen and oxygen atoms in total. The van der Waals surface area contributed by atoms with E-state index in [1.165, 1.54) is 5.56 Å². The lowest BCUT2D eigenvalue weighted by atomic mass is 10.2. The smallest absolute Gasteiger partial charge is 0.108 e. The molecule has 0 atom stereocenters. The molecule has 0 aliphatic carbocycles. The summed E-state index contributed by atoms with van der Waals surface area (Å²) in [6.07, 6.45) is 4.31. The summed E-state index contributed by atoms with van der Waals surface area (Å²) >= 11 is 0. The molecular formula is C17H18O. The predicted octanol–water partition coefficient (Wildman–Crippen LogP) is 3.57. The third kappa shape index (κ3) is 7.34. The molecule has 0 aromatic heterocycles. The van der Waals surface area contributed by atoms with Gasteiger partial charge in [0.25, 0.3) is 0 Å². The number of rotatable bonds is 5. The van der Waals surface area contributed by atoms with Crippen LogP contribution in [0.3, 0.4) is 0 Å². The van der Waals surface area contributed by atoms with Gasteiger partial charge in [-0.05, 0) is 12.0 Å². The normalized spacial score (nSPS) is 8.67. The minimum absolute atomic E-state index is 0.462. The molecule has 92 valence electrons. The number of hydrogen-bond acceptors (Lipinski definition) is 1. The van der Waals surface area contributed by atoms with E-state index in [-0.39, 0.29) is 0 Å². The number of allylic oxidation sites excluding steroid dienone is 1. The van der Waals surface area contributed by atoms with Crippen LogP contribution in [0.15, 0.2) is 43.0 Å². The second-order valence-electron chi connectivity index (χ2n) is 3.69. The van der Waals surface area contributed by atoms with Gasteiger partial charge in [-0.25, -0.2) is 0 Å². The van der Waals surface area contributed by atoms with Gasteiger partial charge in [0.15, 0.2) is 0 Å². The minimum atomic E-state index is 0.462. The van der Waals surface area contributed by atoms with Crippen LogP contribution in [-0.2, 0) is 11.3 Å². The van der Waals surface area contributed by atoms with Crippen LogP contribution in [0.25, 0.3) is 0 Å². The van der Waals surface area contributed by atoms with E-state index in [0.717, 1.165) is 12.8 Å². The summed E-state index contributed by atoms with van der Waals surface area (Å²) in [5.74, 6) is 12.0. The maximum absolute atomic E-state index is 5.43. The van der Waals surface area contributed by atoms with Gasteiger partial charge >= 0.3 is 0 Å². The van der Waals surface area contributed by atoms with Crippen LogP contribution in [0.4, 0.5) is 0 Å². The van der Waals surface area contributed by atoms with E-state index in [4.69, 9.17) is 4.74 Å². The topological polar surface area (TPSA) is 9.23 Å². The van der Waals surface area contributed by atoms with Crippen molar-refractivity contribution in [3.8, 4) is 23.7 Å². The molecule has 0 unspecified atom stereocenters. The van der Waals surface area contributed by atoms with Crippen molar-refractivity contribution in [1.82, 2.24) is 0 Å². The first-order chi connectivity index (χ1) is 8.93. The van der Waals surface area contributed by atoms with Crippen molar-refractivity contribution in [2.45, 2.75) is 25.9 Å². The van der Waals surface area contributed by atoms with Gasteiger partial charge in [-0.2, -0.15) is 0 Å². The van der Waals surface area contributed by atoms with Gasteiger partial charge in [0.2, 0.25) is 0 Å². The SMILES string of the molecule is C=CCCC#CCC#CCOCc1ccccc1. The van der Waals surface area contributed by atoms with Crippen LogP contribution in [0.2, 0.25) is 0 Å². The van der Waals surface area contributed by atoms with E-state index >= 15 is 0 Å². The lowest BCUT2D eigenvalue weighted by molar-refractivity contribution is 0.153. The number of benzene rings is 1. The van der Waals surface area contributed by atoms with E-state index in [1.54, 1.807) is 0 Å². The molecule has 1 heteroatoms. The van der Waals surface area contributed by atoms with Gasteiger partial charge in [0.1, 0.15) is 6.61 Å². The molecule has 0 radical (unpaired) electrons. The summed E-state index contributed by atoms with van der Waals surface area (Å²) in [6, 6.07) is 10.1. The van der Waals surface area contributed by atoms with Crippen molar-refractivity contribution in [3.63, 3.8) is 0 Å². The Morgan fingerprint density at radius 1 is 1.06 bits per heavy atom. The van der Waals surface area contributed by atoms with E-state index in [2.05, 4.69) is 30.3 Å². The minimum Gasteiger partial charge on any atom is -0.364 e. The Morgan fingerprint density at radius 3 is 2.61 bits per heavy atom. The molecule has 0 aliphatic heterocycles. The summed E-state index contributed by atoms with van der Waals surface area (Å²) in [7, 11) is 0. The molecular weight excluding hydrogens is 220 g/mol. The molecule has 18 heavy (non-hydrogen) atoms. The van der Waals surface area contributed by atoms with Crippen LogP contribution in [0.1, 0.15) is 24.8 Å². The molecule has 1 aromatic carbocycles. The lowest BCUT2D eigenvalue weighted by Crippen LogP contribution is -1.92. The lowest BCUT2D eigenvalue weighted by Gasteiger charge is -1.98. The van der Waals surface area contributed by atoms with Crippen LogP contribution in [0.5, 0.6) is 0 Å². The molecule has 0 saturated heterocycles. The quantitative estimate of drug-likeness (QED) is 0.433. The Morgan fingerprint density at radius 2 is 1.83 bits per heavy atom. The molecule has 0 bridgehead atoms. The molecule has 0 fully saturated rings. The second kappa shape index (κ2) is 10.2. The van der Waals surface area contributed by atoms with Crippen LogP contribution >= 0.6 is 0 Å². The summed E-state index contributed by atoms with van der Waals surface area (Å²) in [6.45, 7) is 4.71. The van der Waals surface area contributed by atoms with E-state index in [0.29, 0.717) is 19.6 Å². The van der Waals surface area contributed by atoms with E-state index in [1.807, 2.05) is 36.4 Å². The van der Waals surface area contributed by atoms with Crippen molar-refractivity contribution in [3.05, 3.63) is 48.6 Å². The third-order valence-corrected chi connectivity index (χ3v) is 2.19. The highest BCUT2D eigenvalue weighted by Crippen LogP contribution is 1.99. The zero-order chi connectivity index (χ0) is 12.9. The van der Waals surface area contributed by atoms with Gasteiger partial charge in [0, 0.05) is 6.42 Å². The molecule has 0 heterocycles. The second-order valence-corrected chi connectivity index (χ2v) is 3.69. The molecule has 0 spiro atoms. The van der Waals surface area contributed by atoms with Crippen molar-refractivity contribution in [1.29, 1.82) is 0 Å². The van der Waals surface area contributed by atoms with Crippen molar-refractivity contribution >= 4 is 0 Å². The van der Waals surface area contributed by atoms with Crippen LogP contribution in [-0.4, -0.2) is 6.61 Å². The zero-order valence-corrected chi connectivity index (χ0v) is 10.6. The first-order valence-electron chi connectivity index (χ1n) is 6.07. The molecule has 1 aromatic rings. The average Bonchev–Trinajstić information content (AvgIpc) is 2.42. The Bertz CT molecular complexity index is 451. The first-order valence-corrected chi connectivity index (χ1v) is 6.07. The summed E-state index contributed by atoms with van der Waals surface area (Å²) in [4.78, 5) is 0. The number of unbranched alkanes of at least 4 members (excludes halogenated alkanes) is 1. The summed E-state index contributed by atoms with van der Waals surface area (Å²) in [5.41, 5.74) is 1.17. The Balaban J connectivity index is 2.07. The maximum Gasteiger partial charge on any atom is 0.108 e. The average molecular weight is 238 g/mol. The highest BCUT2D eigenvalue weighted by Gasteiger charge is 1.88. The summed E-state index contributed by atoms with van der Waals surface area (Å²) < 4.78 is 5.43. The highest BCUT2D eigenvalue weighted by molar-refractivity contribution is 5.14. The fourth-order valence-electron chi connectivity index (χ4n) is 1.28. The van der Waals surface area contributed by atoms with E-state index < -0.39 is 0 Å². The Kier molecular flexibility index (Phi) is 8.00. The van der Waals surface area contributed by atoms with Gasteiger partial charge in [-0.3, -0.25) is 0 Å². The van der Waals surface area contributed by atoms with Crippen LogP contribution < -0.4 is 0 Å². The Labute approximate surface area is 110 Å². The highest BCUT2D eigenvalue weighted by atomic mass is 16.5. The van der Waals surface area contributed by atoms with E-state index in [9.17, 15) is 0 Å². The fourth-order valence-corrected chi connectivity index (χ4v) is 1.28. The molecule has 0 aliphatic rings. The fraction of sp³-hybridized carbons (Fsp3) is 0.294. The van der Waals surface area contributed by atoms with Crippen molar-refractivity contribution in [2.24, 2.45) is 0 Å². The van der Waals surface area contributed by atoms with Gasteiger partial charge in [0.05, 0.1) is 13.0 Å². The molecule has 0 N–H and O–H groups in total. The largest absolute Gasteiger partial charge is 0.364 e. The van der Waals surface area contributed by atoms with Gasteiger partial charge in [-0.1, -0.05) is 54.2 Å². The predicted molar refractivity (Wildman–Crippen MR) is 75.7 cm³/mol. The maximum atomic E-state index is 5.43. The first kappa shape index (κ1) is 14.1. The zero-order valence-electron chi connectivity index (χ0n) is 10.6. The van der Waals surface area contributed by atoms with Crippen molar-refractivity contribution < 1.29 is 4.74 Å². The molecule has 0 saturated carbocycles. The Hall–Kier alpha value is -1.96. The van der Waals surface area contributed by atoms with Gasteiger partial charge < -0.3 is 4.74 Å². The standard InChI is InChI=1S/C17H18O/c1-2-3-4-5-6-7-8-12-15-18-16-17-13-10-9-11-14-17/h2,9-11,13-14H,1,3-4,7,15-16H2. The summed E-state index contributed by atoms with van der Waals surface area (Å²) in [5, 5.41) is 0. The third-order valence-electron chi connectivity index (χ3n) is 2.19. The molecule has 1 rings (SSSR count). The number of hydrogen-bond donors (Lipinski definition) is 0. The van der Waals surface area contributed by atoms with Crippen molar-refractivity contribution in [2.75, 3.05) is 6.61 Å².